The Labute approximate surface area is 192 Å². The van der Waals surface area contributed by atoms with Crippen LogP contribution < -0.4 is 0 Å². The van der Waals surface area contributed by atoms with Gasteiger partial charge in [-0.25, -0.2) is 14.2 Å². The van der Waals surface area contributed by atoms with E-state index < -0.39 is 11.4 Å². The molecule has 0 spiro atoms. The minimum Gasteiger partial charge on any atom is -0.444 e. The molecule has 2 fully saturated rings. The van der Waals surface area contributed by atoms with Gasteiger partial charge in [-0.3, -0.25) is 4.79 Å². The first-order valence-electron chi connectivity index (χ1n) is 11.2. The van der Waals surface area contributed by atoms with Gasteiger partial charge in [0.25, 0.3) is 5.91 Å². The summed E-state index contributed by atoms with van der Waals surface area (Å²) in [6.07, 6.45) is 5.85. The Morgan fingerprint density at radius 1 is 1.18 bits per heavy atom. The molecule has 1 saturated carbocycles. The summed E-state index contributed by atoms with van der Waals surface area (Å²) in [6, 6.07) is 6.27. The highest BCUT2D eigenvalue weighted by Gasteiger charge is 2.40. The Kier molecular flexibility index (Phi) is 6.11. The summed E-state index contributed by atoms with van der Waals surface area (Å²) < 4.78 is 21.3. The van der Waals surface area contributed by atoms with Gasteiger partial charge in [0.1, 0.15) is 23.4 Å². The SMILES string of the molecule is CC(C)(C)OC(=O)N1CCC(N(C(=O)c2cn(-c3ccc(C#N)cc3F)cn2)C2CC2)CC1. The second-order valence-corrected chi connectivity index (χ2v) is 9.59. The minimum atomic E-state index is -0.556. The van der Waals surface area contributed by atoms with E-state index in [1.54, 1.807) is 4.90 Å². The van der Waals surface area contributed by atoms with Crippen molar-refractivity contribution in [2.45, 2.75) is 64.1 Å². The lowest BCUT2D eigenvalue weighted by atomic mass is 10.0. The summed E-state index contributed by atoms with van der Waals surface area (Å²) >= 11 is 0. The molecule has 2 amide bonds. The number of carbonyl (C=O) groups is 2. The lowest BCUT2D eigenvalue weighted by molar-refractivity contribution is 0.0141. The lowest BCUT2D eigenvalue weighted by Crippen LogP contribution is -2.50. The topological polar surface area (TPSA) is 91.5 Å². The van der Waals surface area contributed by atoms with E-state index in [1.807, 2.05) is 31.7 Å². The summed E-state index contributed by atoms with van der Waals surface area (Å²) in [7, 11) is 0. The van der Waals surface area contributed by atoms with Crippen LogP contribution in [0.5, 0.6) is 0 Å². The molecule has 4 rings (SSSR count). The maximum atomic E-state index is 14.4. The number of piperidine rings is 1. The first kappa shape index (κ1) is 22.8. The van der Waals surface area contributed by atoms with Crippen LogP contribution in [0.1, 0.15) is 62.5 Å². The van der Waals surface area contributed by atoms with Crippen molar-refractivity contribution in [3.8, 4) is 11.8 Å². The highest BCUT2D eigenvalue weighted by atomic mass is 19.1. The Bertz CT molecular complexity index is 1090. The maximum Gasteiger partial charge on any atom is 0.410 e. The lowest BCUT2D eigenvalue weighted by Gasteiger charge is -2.38. The van der Waals surface area contributed by atoms with Crippen molar-refractivity contribution in [2.75, 3.05) is 13.1 Å². The highest BCUT2D eigenvalue weighted by Crippen LogP contribution is 2.33. The molecule has 1 aliphatic carbocycles. The number of nitriles is 1. The van der Waals surface area contributed by atoms with Gasteiger partial charge in [-0.2, -0.15) is 5.26 Å². The van der Waals surface area contributed by atoms with Crippen molar-refractivity contribution in [3.05, 3.63) is 47.8 Å². The zero-order chi connectivity index (χ0) is 23.8. The van der Waals surface area contributed by atoms with E-state index in [4.69, 9.17) is 10.00 Å². The van der Waals surface area contributed by atoms with Crippen molar-refractivity contribution in [1.29, 1.82) is 5.26 Å². The predicted molar refractivity (Wildman–Crippen MR) is 118 cm³/mol. The molecular formula is C24H28FN5O3. The van der Waals surface area contributed by atoms with E-state index in [0.717, 1.165) is 18.9 Å². The Morgan fingerprint density at radius 3 is 2.42 bits per heavy atom. The summed E-state index contributed by atoms with van der Waals surface area (Å²) in [6.45, 7) is 6.58. The third-order valence-corrected chi connectivity index (χ3v) is 5.84. The number of ether oxygens (including phenoxy) is 1. The second kappa shape index (κ2) is 8.85. The molecule has 9 heteroatoms. The molecule has 174 valence electrons. The van der Waals surface area contributed by atoms with Crippen molar-refractivity contribution < 1.29 is 18.7 Å². The van der Waals surface area contributed by atoms with Crippen molar-refractivity contribution in [3.63, 3.8) is 0 Å². The third kappa shape index (κ3) is 5.16. The molecular weight excluding hydrogens is 425 g/mol. The zero-order valence-electron chi connectivity index (χ0n) is 19.1. The fourth-order valence-electron chi connectivity index (χ4n) is 4.12. The summed E-state index contributed by atoms with van der Waals surface area (Å²) in [5.74, 6) is -0.736. The van der Waals surface area contributed by atoms with Gasteiger partial charge in [-0.05, 0) is 64.7 Å². The molecule has 1 aromatic heterocycles. The largest absolute Gasteiger partial charge is 0.444 e. The standard InChI is InChI=1S/C24H28FN5O3/c1-24(2,3)33-23(32)28-10-8-18(9-11-28)30(17-5-6-17)22(31)20-14-29(15-27-20)21-7-4-16(13-26)12-19(21)25/h4,7,12,14-15,17-18H,5-6,8-11H2,1-3H3. The first-order chi connectivity index (χ1) is 15.7. The molecule has 2 heterocycles. The molecule has 8 nitrogen and oxygen atoms in total. The molecule has 1 aliphatic heterocycles. The number of hydrogen-bond acceptors (Lipinski definition) is 5. The van der Waals surface area contributed by atoms with E-state index in [1.165, 1.54) is 29.2 Å². The van der Waals surface area contributed by atoms with Crippen LogP contribution in [0.25, 0.3) is 5.69 Å². The van der Waals surface area contributed by atoms with Crippen LogP contribution >= 0.6 is 0 Å². The van der Waals surface area contributed by atoms with Crippen molar-refractivity contribution in [1.82, 2.24) is 19.4 Å². The van der Waals surface area contributed by atoms with Crippen LogP contribution in [0.15, 0.2) is 30.7 Å². The number of halogens is 1. The summed E-state index contributed by atoms with van der Waals surface area (Å²) in [4.78, 5) is 33.6. The van der Waals surface area contributed by atoms with Gasteiger partial charge in [0, 0.05) is 31.4 Å². The van der Waals surface area contributed by atoms with Gasteiger partial charge >= 0.3 is 6.09 Å². The number of amides is 2. The average molecular weight is 454 g/mol. The fraction of sp³-hybridized carbons (Fsp3) is 0.500. The molecule has 2 aliphatic rings. The summed E-state index contributed by atoms with van der Waals surface area (Å²) in [5, 5.41) is 8.92. The zero-order valence-corrected chi connectivity index (χ0v) is 19.1. The predicted octanol–water partition coefficient (Wildman–Crippen LogP) is 3.89. The van der Waals surface area contributed by atoms with E-state index in [2.05, 4.69) is 4.98 Å². The van der Waals surface area contributed by atoms with Crippen LogP contribution in [-0.2, 0) is 4.74 Å². The van der Waals surface area contributed by atoms with E-state index in [9.17, 15) is 14.0 Å². The third-order valence-electron chi connectivity index (χ3n) is 5.84. The van der Waals surface area contributed by atoms with E-state index >= 15 is 0 Å². The van der Waals surface area contributed by atoms with Gasteiger partial charge in [-0.1, -0.05) is 0 Å². The molecule has 0 radical (unpaired) electrons. The number of aromatic nitrogens is 2. The van der Waals surface area contributed by atoms with Crippen LogP contribution in [0.2, 0.25) is 0 Å². The van der Waals surface area contributed by atoms with E-state index in [-0.39, 0.29) is 41.0 Å². The Morgan fingerprint density at radius 2 is 1.85 bits per heavy atom. The normalized spacial score (nSPS) is 16.9. The van der Waals surface area contributed by atoms with E-state index in [0.29, 0.717) is 25.9 Å². The molecule has 0 bridgehead atoms. The molecule has 0 atom stereocenters. The number of hydrogen-bond donors (Lipinski definition) is 0. The Hall–Kier alpha value is -3.41. The van der Waals surface area contributed by atoms with Gasteiger partial charge < -0.3 is 19.1 Å². The van der Waals surface area contributed by atoms with Gasteiger partial charge in [0.05, 0.1) is 17.3 Å². The van der Waals surface area contributed by atoms with Gasteiger partial charge in [0.2, 0.25) is 0 Å². The monoisotopic (exact) mass is 453 g/mol. The number of rotatable bonds is 4. The summed E-state index contributed by atoms with van der Waals surface area (Å²) in [5.41, 5.74) is 0.159. The highest BCUT2D eigenvalue weighted by molar-refractivity contribution is 5.93. The van der Waals surface area contributed by atoms with Crippen LogP contribution in [0, 0.1) is 17.1 Å². The van der Waals surface area contributed by atoms with Gasteiger partial charge in [0.15, 0.2) is 0 Å². The Balaban J connectivity index is 1.45. The number of benzene rings is 1. The van der Waals surface area contributed by atoms with Crippen molar-refractivity contribution >= 4 is 12.0 Å². The molecule has 33 heavy (non-hydrogen) atoms. The molecule has 2 aromatic rings. The first-order valence-corrected chi connectivity index (χ1v) is 11.2. The molecule has 1 saturated heterocycles. The van der Waals surface area contributed by atoms with Crippen LogP contribution in [-0.4, -0.2) is 62.1 Å². The number of carbonyl (C=O) groups excluding carboxylic acids is 2. The molecule has 0 N–H and O–H groups in total. The maximum absolute atomic E-state index is 14.4. The number of nitrogens with zero attached hydrogens (tertiary/aromatic N) is 5. The van der Waals surface area contributed by atoms with Crippen LogP contribution in [0.3, 0.4) is 0 Å². The molecule has 1 aromatic carbocycles. The minimum absolute atomic E-state index is 0.0143. The smallest absolute Gasteiger partial charge is 0.410 e. The fourth-order valence-corrected chi connectivity index (χ4v) is 4.12. The molecule has 0 unspecified atom stereocenters. The quantitative estimate of drug-likeness (QED) is 0.701. The van der Waals surface area contributed by atoms with Crippen molar-refractivity contribution in [2.24, 2.45) is 0 Å². The van der Waals surface area contributed by atoms with Gasteiger partial charge in [-0.15, -0.1) is 0 Å². The number of imidazole rings is 1. The van der Waals surface area contributed by atoms with Crippen LogP contribution in [0.4, 0.5) is 9.18 Å². The number of likely N-dealkylation sites (tertiary alicyclic amines) is 1. The average Bonchev–Trinajstić information content (AvgIpc) is 3.47. The second-order valence-electron chi connectivity index (χ2n) is 9.59.